The molecule has 43 heavy (non-hydrogen) atoms. The minimum Gasteiger partial charge on any atom is -0.496 e. The van der Waals surface area contributed by atoms with Crippen molar-refractivity contribution in [2.24, 2.45) is 5.10 Å². The molecule has 5 aromatic rings. The van der Waals surface area contributed by atoms with Gasteiger partial charge in [-0.05, 0) is 82.4 Å². The van der Waals surface area contributed by atoms with Crippen LogP contribution in [0.5, 0.6) is 17.2 Å². The summed E-state index contributed by atoms with van der Waals surface area (Å²) >= 11 is 9.93. The highest BCUT2D eigenvalue weighted by molar-refractivity contribution is 9.10. The topological polar surface area (TPSA) is 74.9 Å². The van der Waals surface area contributed by atoms with Gasteiger partial charge in [0.2, 0.25) is 0 Å². The maximum atomic E-state index is 13.8. The van der Waals surface area contributed by atoms with Crippen molar-refractivity contribution >= 4 is 44.6 Å². The third-order valence-electron chi connectivity index (χ3n) is 7.13. The van der Waals surface area contributed by atoms with E-state index in [0.717, 1.165) is 28.0 Å². The van der Waals surface area contributed by atoms with Crippen molar-refractivity contribution in [1.82, 2.24) is 9.66 Å². The molecule has 0 unspecified atom stereocenters. The number of nitrogens with zero attached hydrogens (tertiary/aromatic N) is 3. The van der Waals surface area contributed by atoms with Crippen LogP contribution in [0, 0.1) is 6.92 Å². The summed E-state index contributed by atoms with van der Waals surface area (Å²) in [5.41, 5.74) is 4.58. The Hall–Kier alpha value is -4.14. The van der Waals surface area contributed by atoms with Gasteiger partial charge in [-0.25, -0.2) is 4.98 Å². The molecule has 0 saturated heterocycles. The average molecular weight is 661 g/mol. The molecular formula is C34H31BrClN3O4. The zero-order chi connectivity index (χ0) is 30.7. The van der Waals surface area contributed by atoms with Crippen LogP contribution in [0.15, 0.2) is 87.2 Å². The van der Waals surface area contributed by atoms with Gasteiger partial charge in [-0.1, -0.05) is 55.8 Å². The van der Waals surface area contributed by atoms with Crippen molar-refractivity contribution in [3.05, 3.63) is 115 Å². The molecule has 0 fully saturated rings. The van der Waals surface area contributed by atoms with Crippen molar-refractivity contribution in [3.63, 3.8) is 0 Å². The van der Waals surface area contributed by atoms with Gasteiger partial charge in [0.25, 0.3) is 5.56 Å². The van der Waals surface area contributed by atoms with Gasteiger partial charge < -0.3 is 14.2 Å². The molecule has 5 rings (SSSR count). The average Bonchev–Trinajstić information content (AvgIpc) is 3.00. The Morgan fingerprint density at radius 3 is 2.42 bits per heavy atom. The van der Waals surface area contributed by atoms with E-state index in [4.69, 9.17) is 30.8 Å². The number of aryl methyl sites for hydroxylation is 1. The van der Waals surface area contributed by atoms with Gasteiger partial charge in [-0.3, -0.25) is 4.79 Å². The molecule has 0 N–H and O–H groups in total. The van der Waals surface area contributed by atoms with Crippen LogP contribution in [0.1, 0.15) is 42.0 Å². The molecule has 0 aliphatic heterocycles. The molecule has 0 aliphatic rings. The number of rotatable bonds is 9. The summed E-state index contributed by atoms with van der Waals surface area (Å²) in [4.78, 5) is 18.7. The second kappa shape index (κ2) is 13.0. The van der Waals surface area contributed by atoms with Crippen LogP contribution >= 0.6 is 27.5 Å². The molecule has 7 nitrogen and oxygen atoms in total. The molecule has 0 spiro atoms. The molecule has 0 bridgehead atoms. The van der Waals surface area contributed by atoms with Crippen molar-refractivity contribution in [2.75, 3.05) is 14.2 Å². The van der Waals surface area contributed by atoms with E-state index in [9.17, 15) is 4.79 Å². The highest BCUT2D eigenvalue weighted by atomic mass is 79.9. The Labute approximate surface area is 263 Å². The standard InChI is InChI=1S/C34H31BrClN3O4/c1-20(2)25-16-26(21(3)14-30(25)41-4)33-38-29-13-9-7-11-24(29)34(40)39(33)37-18-23-15-31(42-5)32(17-27(23)35)43-19-22-10-6-8-12-28(22)36/h6-18,20H,19H2,1-5H3. The maximum absolute atomic E-state index is 13.8. The van der Waals surface area contributed by atoms with E-state index in [1.54, 1.807) is 32.6 Å². The Kier molecular flexibility index (Phi) is 9.18. The van der Waals surface area contributed by atoms with Crippen LogP contribution < -0.4 is 19.8 Å². The van der Waals surface area contributed by atoms with Crippen molar-refractivity contribution in [1.29, 1.82) is 0 Å². The third kappa shape index (κ3) is 6.31. The summed E-state index contributed by atoms with van der Waals surface area (Å²) in [7, 11) is 3.23. The summed E-state index contributed by atoms with van der Waals surface area (Å²) in [5.74, 6) is 2.47. The number of hydrogen-bond acceptors (Lipinski definition) is 6. The van der Waals surface area contributed by atoms with E-state index < -0.39 is 0 Å². The SMILES string of the molecule is COc1cc(C=Nn2c(-c3cc(C(C)C)c(OC)cc3C)nc3ccccc3c2=O)c(Br)cc1OCc1ccccc1Cl. The zero-order valence-electron chi connectivity index (χ0n) is 24.5. The molecule has 1 heterocycles. The quantitative estimate of drug-likeness (QED) is 0.149. The summed E-state index contributed by atoms with van der Waals surface area (Å²) in [5, 5.41) is 5.77. The lowest BCUT2D eigenvalue weighted by Crippen LogP contribution is -2.21. The van der Waals surface area contributed by atoms with E-state index in [2.05, 4.69) is 34.9 Å². The fraction of sp³-hybridized carbons (Fsp3) is 0.206. The first-order valence-electron chi connectivity index (χ1n) is 13.7. The van der Waals surface area contributed by atoms with Gasteiger partial charge in [0.05, 0.1) is 31.3 Å². The lowest BCUT2D eigenvalue weighted by molar-refractivity contribution is 0.284. The molecule has 0 saturated carbocycles. The van der Waals surface area contributed by atoms with E-state index in [-0.39, 0.29) is 18.1 Å². The first-order valence-corrected chi connectivity index (χ1v) is 14.9. The van der Waals surface area contributed by atoms with E-state index >= 15 is 0 Å². The third-order valence-corrected chi connectivity index (χ3v) is 8.19. The minimum absolute atomic E-state index is 0.195. The summed E-state index contributed by atoms with van der Waals surface area (Å²) in [6.07, 6.45) is 1.61. The fourth-order valence-corrected chi connectivity index (χ4v) is 5.40. The smallest absolute Gasteiger partial charge is 0.282 e. The van der Waals surface area contributed by atoms with Gasteiger partial charge in [0.1, 0.15) is 12.4 Å². The fourth-order valence-electron chi connectivity index (χ4n) is 4.79. The van der Waals surface area contributed by atoms with Gasteiger partial charge in [-0.15, -0.1) is 0 Å². The largest absolute Gasteiger partial charge is 0.496 e. The number of ether oxygens (including phenoxy) is 3. The summed E-state index contributed by atoms with van der Waals surface area (Å²) in [6.45, 7) is 6.45. The number of para-hydroxylation sites is 1. The molecule has 0 amide bonds. The lowest BCUT2D eigenvalue weighted by atomic mass is 9.96. The normalized spacial score (nSPS) is 11.4. The van der Waals surface area contributed by atoms with Crippen LogP contribution in [0.3, 0.4) is 0 Å². The highest BCUT2D eigenvalue weighted by Gasteiger charge is 2.19. The number of hydrogen-bond donors (Lipinski definition) is 0. The molecule has 9 heteroatoms. The second-order valence-electron chi connectivity index (χ2n) is 10.3. The predicted octanol–water partition coefficient (Wildman–Crippen LogP) is 8.39. The van der Waals surface area contributed by atoms with E-state index in [1.165, 1.54) is 4.68 Å². The van der Waals surface area contributed by atoms with Gasteiger partial charge in [0.15, 0.2) is 17.3 Å². The molecule has 4 aromatic carbocycles. The number of methoxy groups -OCH3 is 2. The maximum Gasteiger partial charge on any atom is 0.282 e. The van der Waals surface area contributed by atoms with Crippen LogP contribution in [-0.4, -0.2) is 30.1 Å². The van der Waals surface area contributed by atoms with Crippen LogP contribution in [0.2, 0.25) is 5.02 Å². The number of fused-ring (bicyclic) bond motifs is 1. The molecule has 220 valence electrons. The Bertz CT molecular complexity index is 1900. The zero-order valence-corrected chi connectivity index (χ0v) is 26.9. The monoisotopic (exact) mass is 659 g/mol. The number of aromatic nitrogens is 2. The van der Waals surface area contributed by atoms with Gasteiger partial charge in [-0.2, -0.15) is 9.78 Å². The van der Waals surface area contributed by atoms with Crippen molar-refractivity contribution < 1.29 is 14.2 Å². The Balaban J connectivity index is 1.60. The van der Waals surface area contributed by atoms with Crippen LogP contribution in [-0.2, 0) is 6.61 Å². The summed E-state index contributed by atoms with van der Waals surface area (Å²) in [6, 6.07) is 22.4. The van der Waals surface area contributed by atoms with Crippen molar-refractivity contribution in [2.45, 2.75) is 33.3 Å². The molecule has 0 radical (unpaired) electrons. The molecule has 0 atom stereocenters. The first kappa shape index (κ1) is 30.3. The highest BCUT2D eigenvalue weighted by Crippen LogP contribution is 2.35. The first-order chi connectivity index (χ1) is 20.7. The second-order valence-corrected chi connectivity index (χ2v) is 11.5. The number of halogens is 2. The van der Waals surface area contributed by atoms with E-state index in [0.29, 0.717) is 43.3 Å². The Morgan fingerprint density at radius 1 is 0.977 bits per heavy atom. The van der Waals surface area contributed by atoms with Gasteiger partial charge >= 0.3 is 0 Å². The minimum atomic E-state index is -0.277. The molecule has 0 aliphatic carbocycles. The molecular weight excluding hydrogens is 630 g/mol. The van der Waals surface area contributed by atoms with Crippen molar-refractivity contribution in [3.8, 4) is 28.6 Å². The van der Waals surface area contributed by atoms with E-state index in [1.807, 2.05) is 67.6 Å². The van der Waals surface area contributed by atoms with Crippen LogP contribution in [0.4, 0.5) is 0 Å². The Morgan fingerprint density at radius 2 is 1.70 bits per heavy atom. The predicted molar refractivity (Wildman–Crippen MR) is 176 cm³/mol. The molecule has 1 aromatic heterocycles. The van der Waals surface area contributed by atoms with Gasteiger partial charge in [0, 0.05) is 26.2 Å². The van der Waals surface area contributed by atoms with Crippen LogP contribution in [0.25, 0.3) is 22.3 Å². The lowest BCUT2D eigenvalue weighted by Gasteiger charge is -2.17. The number of benzene rings is 4. The summed E-state index contributed by atoms with van der Waals surface area (Å²) < 4.78 is 19.4.